The topological polar surface area (TPSA) is 47.6 Å². The highest BCUT2D eigenvalue weighted by Crippen LogP contribution is 2.14. The number of hydrogen-bond donors (Lipinski definition) is 1. The number of hydrogen-bond acceptors (Lipinski definition) is 4. The Hall–Kier alpha value is -0.610. The molecule has 0 bridgehead atoms. The second kappa shape index (κ2) is 5.47. The molecule has 2 saturated heterocycles. The van der Waals surface area contributed by atoms with E-state index in [0.717, 1.165) is 39.0 Å². The van der Waals surface area contributed by atoms with Gasteiger partial charge in [0, 0.05) is 12.5 Å². The van der Waals surface area contributed by atoms with Gasteiger partial charge in [-0.15, -0.1) is 0 Å². The molecule has 86 valence electrons. The fraction of sp³-hybridized carbons (Fsp3) is 0.909. The average molecular weight is 213 g/mol. The van der Waals surface area contributed by atoms with Crippen molar-refractivity contribution in [1.29, 1.82) is 0 Å². The van der Waals surface area contributed by atoms with E-state index in [-0.39, 0.29) is 12.0 Å². The van der Waals surface area contributed by atoms with Gasteiger partial charge in [-0.05, 0) is 25.8 Å². The van der Waals surface area contributed by atoms with Gasteiger partial charge in [0.2, 0.25) is 0 Å². The second-order valence-electron chi connectivity index (χ2n) is 4.36. The van der Waals surface area contributed by atoms with Crippen LogP contribution in [0.2, 0.25) is 0 Å². The molecule has 15 heavy (non-hydrogen) atoms. The van der Waals surface area contributed by atoms with Crippen LogP contribution in [0.5, 0.6) is 0 Å². The van der Waals surface area contributed by atoms with Crippen molar-refractivity contribution in [2.24, 2.45) is 5.92 Å². The predicted octanol–water partition coefficient (Wildman–Crippen LogP) is 0.708. The second-order valence-corrected chi connectivity index (χ2v) is 4.36. The Morgan fingerprint density at radius 2 is 2.33 bits per heavy atom. The van der Waals surface area contributed by atoms with Gasteiger partial charge in [0.05, 0.1) is 13.2 Å². The molecule has 2 unspecified atom stereocenters. The predicted molar refractivity (Wildman–Crippen MR) is 55.5 cm³/mol. The molecule has 1 N–H and O–H groups in total. The van der Waals surface area contributed by atoms with Gasteiger partial charge >= 0.3 is 5.97 Å². The van der Waals surface area contributed by atoms with Crippen LogP contribution in [-0.2, 0) is 14.3 Å². The number of rotatable bonds is 3. The molecule has 2 heterocycles. The van der Waals surface area contributed by atoms with Crippen LogP contribution in [0.4, 0.5) is 0 Å². The summed E-state index contributed by atoms with van der Waals surface area (Å²) < 4.78 is 10.5. The lowest BCUT2D eigenvalue weighted by molar-refractivity contribution is -0.148. The minimum Gasteiger partial charge on any atom is -0.464 e. The van der Waals surface area contributed by atoms with E-state index < -0.39 is 0 Å². The van der Waals surface area contributed by atoms with Crippen LogP contribution in [0.25, 0.3) is 0 Å². The Kier molecular flexibility index (Phi) is 3.97. The standard InChI is InChI=1S/C11H19NO3/c13-11(10-3-1-2-5-12-10)15-8-9-4-6-14-7-9/h9-10,12H,1-8H2. The Balaban J connectivity index is 1.66. The zero-order chi connectivity index (χ0) is 10.5. The maximum absolute atomic E-state index is 11.6. The summed E-state index contributed by atoms with van der Waals surface area (Å²) in [4.78, 5) is 11.6. The van der Waals surface area contributed by atoms with E-state index in [1.54, 1.807) is 0 Å². The van der Waals surface area contributed by atoms with E-state index in [1.807, 2.05) is 0 Å². The molecule has 0 saturated carbocycles. The molecule has 2 rings (SSSR count). The highest BCUT2D eigenvalue weighted by Gasteiger charge is 2.24. The zero-order valence-corrected chi connectivity index (χ0v) is 9.04. The van der Waals surface area contributed by atoms with Crippen LogP contribution in [-0.4, -0.2) is 38.4 Å². The molecule has 4 nitrogen and oxygen atoms in total. The first kappa shape index (κ1) is 10.9. The van der Waals surface area contributed by atoms with Gasteiger partial charge in [-0.25, -0.2) is 0 Å². The Labute approximate surface area is 90.3 Å². The van der Waals surface area contributed by atoms with Crippen molar-refractivity contribution in [3.63, 3.8) is 0 Å². The summed E-state index contributed by atoms with van der Waals surface area (Å²) in [7, 11) is 0. The summed E-state index contributed by atoms with van der Waals surface area (Å²) in [6, 6.07) is -0.0685. The quantitative estimate of drug-likeness (QED) is 0.701. The van der Waals surface area contributed by atoms with Gasteiger partial charge in [-0.2, -0.15) is 0 Å². The van der Waals surface area contributed by atoms with E-state index in [4.69, 9.17) is 9.47 Å². The smallest absolute Gasteiger partial charge is 0.323 e. The summed E-state index contributed by atoms with van der Waals surface area (Å²) in [5, 5.41) is 3.19. The molecule has 2 aliphatic heterocycles. The monoisotopic (exact) mass is 213 g/mol. The zero-order valence-electron chi connectivity index (χ0n) is 9.04. The molecule has 0 aromatic rings. The number of nitrogens with one attached hydrogen (secondary N) is 1. The molecule has 0 amide bonds. The summed E-state index contributed by atoms with van der Waals surface area (Å²) in [5.41, 5.74) is 0. The van der Waals surface area contributed by atoms with Crippen LogP contribution in [0, 0.1) is 5.92 Å². The summed E-state index contributed by atoms with van der Waals surface area (Å²) in [6.07, 6.45) is 4.23. The van der Waals surface area contributed by atoms with Gasteiger partial charge in [0.1, 0.15) is 6.04 Å². The molecular weight excluding hydrogens is 194 g/mol. The summed E-state index contributed by atoms with van der Waals surface area (Å²) >= 11 is 0. The maximum Gasteiger partial charge on any atom is 0.323 e. The van der Waals surface area contributed by atoms with Crippen molar-refractivity contribution in [3.8, 4) is 0 Å². The van der Waals surface area contributed by atoms with Gasteiger partial charge in [0.15, 0.2) is 0 Å². The van der Waals surface area contributed by atoms with Crippen LogP contribution in [0.1, 0.15) is 25.7 Å². The van der Waals surface area contributed by atoms with E-state index in [0.29, 0.717) is 12.5 Å². The Bertz CT molecular complexity index is 208. The molecule has 0 spiro atoms. The molecule has 4 heteroatoms. The minimum atomic E-state index is -0.0819. The van der Waals surface area contributed by atoms with Crippen LogP contribution in [0.15, 0.2) is 0 Å². The van der Waals surface area contributed by atoms with Crippen molar-refractivity contribution >= 4 is 5.97 Å². The summed E-state index contributed by atoms with van der Waals surface area (Å²) in [6.45, 7) is 3.01. The van der Waals surface area contributed by atoms with Crippen LogP contribution >= 0.6 is 0 Å². The summed E-state index contributed by atoms with van der Waals surface area (Å²) in [5.74, 6) is 0.333. The van der Waals surface area contributed by atoms with E-state index >= 15 is 0 Å². The molecule has 0 aromatic carbocycles. The molecule has 2 aliphatic rings. The fourth-order valence-electron chi connectivity index (χ4n) is 2.07. The fourth-order valence-corrected chi connectivity index (χ4v) is 2.07. The highest BCUT2D eigenvalue weighted by atomic mass is 16.5. The first-order chi connectivity index (χ1) is 7.36. The van der Waals surface area contributed by atoms with Crippen molar-refractivity contribution in [3.05, 3.63) is 0 Å². The van der Waals surface area contributed by atoms with Crippen molar-refractivity contribution in [2.75, 3.05) is 26.4 Å². The van der Waals surface area contributed by atoms with Gasteiger partial charge < -0.3 is 14.8 Å². The third-order valence-corrected chi connectivity index (χ3v) is 3.08. The van der Waals surface area contributed by atoms with E-state index in [2.05, 4.69) is 5.32 Å². The van der Waals surface area contributed by atoms with Gasteiger partial charge in [0.25, 0.3) is 0 Å². The third-order valence-electron chi connectivity index (χ3n) is 3.08. The number of ether oxygens (including phenoxy) is 2. The van der Waals surface area contributed by atoms with Gasteiger partial charge in [-0.1, -0.05) is 6.42 Å². The third kappa shape index (κ3) is 3.18. The first-order valence-electron chi connectivity index (χ1n) is 5.84. The largest absolute Gasteiger partial charge is 0.464 e. The van der Waals surface area contributed by atoms with Crippen molar-refractivity contribution in [1.82, 2.24) is 5.32 Å². The Morgan fingerprint density at radius 1 is 1.40 bits per heavy atom. The molecular formula is C11H19NO3. The normalized spacial score (nSPS) is 31.5. The molecule has 0 aromatic heterocycles. The Morgan fingerprint density at radius 3 is 3.00 bits per heavy atom. The first-order valence-corrected chi connectivity index (χ1v) is 5.84. The molecule has 0 aliphatic carbocycles. The maximum atomic E-state index is 11.6. The minimum absolute atomic E-state index is 0.0685. The average Bonchev–Trinajstić information content (AvgIpc) is 2.80. The molecule has 2 atom stereocenters. The lowest BCUT2D eigenvalue weighted by Crippen LogP contribution is -2.41. The van der Waals surface area contributed by atoms with E-state index in [1.165, 1.54) is 6.42 Å². The van der Waals surface area contributed by atoms with Gasteiger partial charge in [-0.3, -0.25) is 4.79 Å². The van der Waals surface area contributed by atoms with Crippen LogP contribution < -0.4 is 5.32 Å². The van der Waals surface area contributed by atoms with Crippen molar-refractivity contribution in [2.45, 2.75) is 31.7 Å². The molecule has 2 fully saturated rings. The lowest BCUT2D eigenvalue weighted by atomic mass is 10.1. The highest BCUT2D eigenvalue weighted by molar-refractivity contribution is 5.75. The van der Waals surface area contributed by atoms with Crippen LogP contribution in [0.3, 0.4) is 0 Å². The molecule has 0 radical (unpaired) electrons. The number of esters is 1. The number of carbonyl (C=O) groups is 1. The van der Waals surface area contributed by atoms with E-state index in [9.17, 15) is 4.79 Å². The lowest BCUT2D eigenvalue weighted by Gasteiger charge is -2.22. The SMILES string of the molecule is O=C(OCC1CCOC1)C1CCCCN1. The van der Waals surface area contributed by atoms with Crippen molar-refractivity contribution < 1.29 is 14.3 Å². The number of carbonyl (C=O) groups excluding carboxylic acids is 1. The number of piperidine rings is 1.